The van der Waals surface area contributed by atoms with Crippen LogP contribution in [0.5, 0.6) is 0 Å². The highest BCUT2D eigenvalue weighted by Gasteiger charge is 2.05. The highest BCUT2D eigenvalue weighted by Crippen LogP contribution is 2.19. The fourth-order valence-corrected chi connectivity index (χ4v) is 3.58. The van der Waals surface area contributed by atoms with Crippen molar-refractivity contribution in [3.8, 4) is 0 Å². The summed E-state index contributed by atoms with van der Waals surface area (Å²) >= 11 is 1.72. The molecule has 3 N–H and O–H groups in total. The second kappa shape index (κ2) is 10.6. The number of thiazole rings is 1. The summed E-state index contributed by atoms with van der Waals surface area (Å²) < 4.78 is 13.3. The molecule has 0 saturated heterocycles. The van der Waals surface area contributed by atoms with Crippen LogP contribution in [0.1, 0.15) is 22.4 Å². The van der Waals surface area contributed by atoms with Gasteiger partial charge in [-0.1, -0.05) is 0 Å². The molecule has 8 heteroatoms. The van der Waals surface area contributed by atoms with Crippen LogP contribution in [0.2, 0.25) is 0 Å². The van der Waals surface area contributed by atoms with Crippen LogP contribution in [-0.4, -0.2) is 35.6 Å². The molecule has 0 bridgehead atoms. The Morgan fingerprint density at radius 2 is 2.15 bits per heavy atom. The van der Waals surface area contributed by atoms with Gasteiger partial charge in [0.15, 0.2) is 5.96 Å². The lowest BCUT2D eigenvalue weighted by atomic mass is 10.1. The first-order chi connectivity index (χ1) is 12.7. The van der Waals surface area contributed by atoms with Crippen molar-refractivity contribution < 1.29 is 4.39 Å². The number of hydrogen-bond acceptors (Lipinski definition) is 3. The number of nitrogens with one attached hydrogen (secondary N) is 3. The van der Waals surface area contributed by atoms with E-state index in [-0.39, 0.29) is 29.8 Å². The highest BCUT2D eigenvalue weighted by molar-refractivity contribution is 14.0. The molecule has 146 valence electrons. The molecule has 0 fully saturated rings. The summed E-state index contributed by atoms with van der Waals surface area (Å²) in [5, 5.41) is 8.81. The van der Waals surface area contributed by atoms with Crippen LogP contribution in [0.4, 0.5) is 4.39 Å². The lowest BCUT2D eigenvalue weighted by Gasteiger charge is -2.11. The van der Waals surface area contributed by atoms with Gasteiger partial charge in [0.05, 0.1) is 5.01 Å². The Kier molecular flexibility index (Phi) is 8.49. The molecule has 0 spiro atoms. The van der Waals surface area contributed by atoms with Crippen LogP contribution in [-0.2, 0) is 12.8 Å². The Morgan fingerprint density at radius 3 is 2.89 bits per heavy atom. The average molecular weight is 501 g/mol. The molecule has 0 saturated carbocycles. The summed E-state index contributed by atoms with van der Waals surface area (Å²) in [6.07, 6.45) is 5.53. The first-order valence-electron chi connectivity index (χ1n) is 8.84. The summed E-state index contributed by atoms with van der Waals surface area (Å²) in [6.45, 7) is 6.39. The number of aromatic nitrogens is 2. The zero-order valence-corrected chi connectivity index (χ0v) is 18.7. The molecule has 3 aromatic rings. The van der Waals surface area contributed by atoms with Crippen molar-refractivity contribution in [2.45, 2.75) is 26.7 Å². The summed E-state index contributed by atoms with van der Waals surface area (Å²) in [5.74, 6) is 0.590. The standard InChI is InChI=1S/C19H24FN5S.HI/c1-3-21-19(23-9-7-18-25-11-13(2)26-18)22-8-6-14-12-24-17-10-15(20)4-5-16(14)17;/h4-5,10-12,24H,3,6-9H2,1-2H3,(H2,21,22,23);1H. The van der Waals surface area contributed by atoms with E-state index in [0.29, 0.717) is 6.54 Å². The molecule has 2 aromatic heterocycles. The van der Waals surface area contributed by atoms with Crippen molar-refractivity contribution in [3.63, 3.8) is 0 Å². The van der Waals surface area contributed by atoms with E-state index in [1.165, 1.54) is 22.6 Å². The normalized spacial score (nSPS) is 11.4. The van der Waals surface area contributed by atoms with Gasteiger partial charge in [0.25, 0.3) is 0 Å². The molecule has 5 nitrogen and oxygen atoms in total. The van der Waals surface area contributed by atoms with E-state index in [2.05, 4.69) is 39.4 Å². The fourth-order valence-electron chi connectivity index (χ4n) is 2.80. The fraction of sp³-hybridized carbons (Fsp3) is 0.368. The summed E-state index contributed by atoms with van der Waals surface area (Å²) in [6, 6.07) is 4.85. The maximum absolute atomic E-state index is 13.3. The number of hydrogen-bond donors (Lipinski definition) is 3. The summed E-state index contributed by atoms with van der Waals surface area (Å²) in [5.41, 5.74) is 2.00. The average Bonchev–Trinajstić information content (AvgIpc) is 3.21. The number of aryl methyl sites for hydroxylation is 1. The molecule has 0 radical (unpaired) electrons. The molecule has 27 heavy (non-hydrogen) atoms. The van der Waals surface area contributed by atoms with Gasteiger partial charge in [0, 0.05) is 54.2 Å². The molecular formula is C19H25FIN5S. The largest absolute Gasteiger partial charge is 0.361 e. The third-order valence-corrected chi connectivity index (χ3v) is 5.00. The zero-order chi connectivity index (χ0) is 18.4. The van der Waals surface area contributed by atoms with E-state index in [1.807, 2.05) is 18.5 Å². The maximum Gasteiger partial charge on any atom is 0.191 e. The molecule has 0 unspecified atom stereocenters. The first kappa shape index (κ1) is 21.6. The highest BCUT2D eigenvalue weighted by atomic mass is 127. The van der Waals surface area contributed by atoms with Crippen LogP contribution in [0.15, 0.2) is 35.6 Å². The smallest absolute Gasteiger partial charge is 0.191 e. The van der Waals surface area contributed by atoms with Gasteiger partial charge in [-0.05, 0) is 44.0 Å². The third kappa shape index (κ3) is 6.17. The molecule has 0 atom stereocenters. The number of benzene rings is 1. The summed E-state index contributed by atoms with van der Waals surface area (Å²) in [4.78, 5) is 13.3. The number of halogens is 2. The second-order valence-corrected chi connectivity index (χ2v) is 7.38. The Labute approximate surface area is 179 Å². The molecular weight excluding hydrogens is 476 g/mol. The Bertz CT molecular complexity index is 889. The van der Waals surface area contributed by atoms with E-state index >= 15 is 0 Å². The van der Waals surface area contributed by atoms with Gasteiger partial charge in [-0.25, -0.2) is 9.37 Å². The third-order valence-electron chi connectivity index (χ3n) is 4.03. The van der Waals surface area contributed by atoms with Crippen molar-refractivity contribution in [2.75, 3.05) is 19.6 Å². The van der Waals surface area contributed by atoms with E-state index < -0.39 is 0 Å². The quantitative estimate of drug-likeness (QED) is 0.260. The van der Waals surface area contributed by atoms with Crippen molar-refractivity contribution in [1.82, 2.24) is 20.6 Å². The topological polar surface area (TPSA) is 65.1 Å². The van der Waals surface area contributed by atoms with Crippen LogP contribution in [0.3, 0.4) is 0 Å². The van der Waals surface area contributed by atoms with Crippen LogP contribution >= 0.6 is 35.3 Å². The number of aromatic amines is 1. The van der Waals surface area contributed by atoms with Gasteiger partial charge in [-0.15, -0.1) is 35.3 Å². The summed E-state index contributed by atoms with van der Waals surface area (Å²) in [7, 11) is 0. The van der Waals surface area contributed by atoms with Gasteiger partial charge < -0.3 is 15.6 Å². The molecule has 2 heterocycles. The first-order valence-corrected chi connectivity index (χ1v) is 9.66. The minimum absolute atomic E-state index is 0. The Hall–Kier alpha value is -1.68. The van der Waals surface area contributed by atoms with Crippen molar-refractivity contribution in [3.05, 3.63) is 51.9 Å². The lowest BCUT2D eigenvalue weighted by Crippen LogP contribution is -2.38. The lowest BCUT2D eigenvalue weighted by molar-refractivity contribution is 0.629. The number of guanidine groups is 1. The van der Waals surface area contributed by atoms with Gasteiger partial charge >= 0.3 is 0 Å². The van der Waals surface area contributed by atoms with E-state index in [9.17, 15) is 4.39 Å². The van der Waals surface area contributed by atoms with Crippen LogP contribution < -0.4 is 10.6 Å². The van der Waals surface area contributed by atoms with Gasteiger partial charge in [-0.2, -0.15) is 0 Å². The second-order valence-electron chi connectivity index (χ2n) is 6.06. The van der Waals surface area contributed by atoms with E-state index in [0.717, 1.165) is 47.8 Å². The molecule has 1 aromatic carbocycles. The number of fused-ring (bicyclic) bond motifs is 1. The van der Waals surface area contributed by atoms with Gasteiger partial charge in [-0.3, -0.25) is 4.99 Å². The van der Waals surface area contributed by atoms with Crippen LogP contribution in [0.25, 0.3) is 10.9 Å². The Morgan fingerprint density at radius 1 is 1.30 bits per heavy atom. The molecule has 3 rings (SSSR count). The minimum atomic E-state index is -0.221. The molecule has 0 aliphatic rings. The molecule has 0 amide bonds. The SMILES string of the molecule is CCNC(=NCCc1ncc(C)s1)NCCc1c[nH]c2cc(F)ccc12.I. The Balaban J connectivity index is 0.00000261. The number of H-pyrrole nitrogens is 1. The number of nitrogens with zero attached hydrogens (tertiary/aromatic N) is 2. The minimum Gasteiger partial charge on any atom is -0.361 e. The monoisotopic (exact) mass is 501 g/mol. The predicted octanol–water partition coefficient (Wildman–Crippen LogP) is 4.03. The molecule has 0 aliphatic heterocycles. The number of aliphatic imine (C=N–C) groups is 1. The van der Waals surface area contributed by atoms with Crippen LogP contribution in [0, 0.1) is 12.7 Å². The van der Waals surface area contributed by atoms with E-state index in [1.54, 1.807) is 11.3 Å². The predicted molar refractivity (Wildman–Crippen MR) is 122 cm³/mol. The maximum atomic E-state index is 13.3. The van der Waals surface area contributed by atoms with Crippen molar-refractivity contribution >= 4 is 52.2 Å². The van der Waals surface area contributed by atoms with E-state index in [4.69, 9.17) is 0 Å². The van der Waals surface area contributed by atoms with Gasteiger partial charge in [0.1, 0.15) is 5.82 Å². The number of rotatable bonds is 7. The van der Waals surface area contributed by atoms with Crippen molar-refractivity contribution in [1.29, 1.82) is 0 Å². The van der Waals surface area contributed by atoms with Gasteiger partial charge in [0.2, 0.25) is 0 Å². The zero-order valence-electron chi connectivity index (χ0n) is 15.5. The molecule has 0 aliphatic carbocycles. The van der Waals surface area contributed by atoms with Crippen molar-refractivity contribution in [2.24, 2.45) is 4.99 Å².